The number of nitrogens with zero attached hydrogens (tertiary/aromatic N) is 1. The maximum atomic E-state index is 13.4. The van der Waals surface area contributed by atoms with Gasteiger partial charge in [0, 0.05) is 28.6 Å². The van der Waals surface area contributed by atoms with E-state index >= 15 is 0 Å². The van der Waals surface area contributed by atoms with E-state index in [4.69, 9.17) is 11.6 Å². The minimum Gasteiger partial charge on any atom is -0.273 e. The van der Waals surface area contributed by atoms with Gasteiger partial charge in [0.1, 0.15) is 0 Å². The van der Waals surface area contributed by atoms with Gasteiger partial charge in [-0.2, -0.15) is 0 Å². The minimum atomic E-state index is -3.63. The second-order valence-corrected chi connectivity index (χ2v) is 10.6. The Bertz CT molecular complexity index is 1220. The van der Waals surface area contributed by atoms with Gasteiger partial charge >= 0.3 is 0 Å². The molecule has 0 spiro atoms. The highest BCUT2D eigenvalue weighted by Gasteiger charge is 2.69. The number of aryl methyl sites for hydroxylation is 1. The third-order valence-electron chi connectivity index (χ3n) is 6.57. The second kappa shape index (κ2) is 6.73. The smallest absolute Gasteiger partial charge is 0.263 e. The van der Waals surface area contributed by atoms with Crippen LogP contribution < -0.4 is 0 Å². The van der Waals surface area contributed by atoms with Gasteiger partial charge in [-0.05, 0) is 48.7 Å². The summed E-state index contributed by atoms with van der Waals surface area (Å²) in [6.07, 6.45) is 4.69. The van der Waals surface area contributed by atoms with Crippen LogP contribution in [0.2, 0.25) is 5.02 Å². The SMILES string of the molecule is Cc1ccc(S(=O)(=O)N2C=CC3(c4ccccc4)CC3(c3ccc(Cl)cc3)C2)cc1. The highest BCUT2D eigenvalue weighted by molar-refractivity contribution is 7.89. The van der Waals surface area contributed by atoms with Gasteiger partial charge in [0.15, 0.2) is 0 Å². The molecule has 1 aliphatic carbocycles. The summed E-state index contributed by atoms with van der Waals surface area (Å²) >= 11 is 6.14. The summed E-state index contributed by atoms with van der Waals surface area (Å²) < 4.78 is 28.3. The van der Waals surface area contributed by atoms with Gasteiger partial charge in [-0.15, -0.1) is 0 Å². The fourth-order valence-electron chi connectivity index (χ4n) is 4.82. The van der Waals surface area contributed by atoms with Crippen LogP contribution in [0.25, 0.3) is 0 Å². The van der Waals surface area contributed by atoms with Crippen molar-refractivity contribution in [1.29, 1.82) is 0 Å². The van der Waals surface area contributed by atoms with Crippen molar-refractivity contribution in [3.63, 3.8) is 0 Å². The van der Waals surface area contributed by atoms with Crippen molar-refractivity contribution in [3.8, 4) is 0 Å². The van der Waals surface area contributed by atoms with Crippen molar-refractivity contribution < 1.29 is 8.42 Å². The Morgan fingerprint density at radius 2 is 1.53 bits per heavy atom. The van der Waals surface area contributed by atoms with Crippen molar-refractivity contribution >= 4 is 21.6 Å². The van der Waals surface area contributed by atoms with Gasteiger partial charge in [0.05, 0.1) is 4.90 Å². The van der Waals surface area contributed by atoms with Crippen LogP contribution in [0.15, 0.2) is 96.0 Å². The molecule has 0 saturated heterocycles. The topological polar surface area (TPSA) is 37.4 Å². The average molecular weight is 436 g/mol. The molecule has 0 aromatic heterocycles. The molecule has 5 heteroatoms. The van der Waals surface area contributed by atoms with Crippen molar-refractivity contribution in [2.45, 2.75) is 29.1 Å². The molecule has 3 aromatic carbocycles. The number of hydrogen-bond acceptors (Lipinski definition) is 2. The number of halogens is 1. The fourth-order valence-corrected chi connectivity index (χ4v) is 6.31. The molecule has 5 rings (SSSR count). The molecule has 2 aliphatic rings. The quantitative estimate of drug-likeness (QED) is 0.546. The van der Waals surface area contributed by atoms with E-state index in [1.807, 2.05) is 61.5 Å². The molecule has 1 heterocycles. The molecular formula is C25H22ClNO2S. The van der Waals surface area contributed by atoms with Gasteiger partial charge in [0.25, 0.3) is 10.0 Å². The summed E-state index contributed by atoms with van der Waals surface area (Å²) in [5, 5.41) is 0.677. The first-order valence-corrected chi connectivity index (χ1v) is 11.8. The Balaban J connectivity index is 1.61. The van der Waals surface area contributed by atoms with Crippen LogP contribution in [0.5, 0.6) is 0 Å². The molecule has 0 amide bonds. The lowest BCUT2D eigenvalue weighted by Crippen LogP contribution is -2.40. The van der Waals surface area contributed by atoms with E-state index in [2.05, 4.69) is 18.2 Å². The van der Waals surface area contributed by atoms with Crippen LogP contribution in [0.4, 0.5) is 0 Å². The molecule has 3 nitrogen and oxygen atoms in total. The van der Waals surface area contributed by atoms with E-state index in [1.165, 1.54) is 9.87 Å². The molecular weight excluding hydrogens is 414 g/mol. The van der Waals surface area contributed by atoms with E-state index in [9.17, 15) is 8.42 Å². The fraction of sp³-hybridized carbons (Fsp3) is 0.200. The molecule has 0 bridgehead atoms. The molecule has 1 saturated carbocycles. The number of sulfonamides is 1. The van der Waals surface area contributed by atoms with Crippen molar-refractivity contribution in [3.05, 3.63) is 113 Å². The van der Waals surface area contributed by atoms with E-state index in [1.54, 1.807) is 18.3 Å². The van der Waals surface area contributed by atoms with Gasteiger partial charge in [-0.25, -0.2) is 8.42 Å². The summed E-state index contributed by atoms with van der Waals surface area (Å²) in [5.74, 6) is 0. The lowest BCUT2D eigenvalue weighted by atomic mass is 9.80. The Labute approximate surface area is 182 Å². The Morgan fingerprint density at radius 1 is 0.867 bits per heavy atom. The van der Waals surface area contributed by atoms with E-state index in [-0.39, 0.29) is 10.8 Å². The Morgan fingerprint density at radius 3 is 2.20 bits per heavy atom. The predicted molar refractivity (Wildman–Crippen MR) is 120 cm³/mol. The van der Waals surface area contributed by atoms with Crippen LogP contribution in [-0.2, 0) is 20.9 Å². The third kappa shape index (κ3) is 2.82. The van der Waals surface area contributed by atoms with Crippen molar-refractivity contribution in [1.82, 2.24) is 4.31 Å². The first-order valence-electron chi connectivity index (χ1n) is 9.97. The summed E-state index contributed by atoms with van der Waals surface area (Å²) in [5.41, 5.74) is 2.84. The molecule has 152 valence electrons. The molecule has 0 N–H and O–H groups in total. The number of benzene rings is 3. The Kier molecular flexibility index (Phi) is 4.35. The predicted octanol–water partition coefficient (Wildman–Crippen LogP) is 5.45. The maximum absolute atomic E-state index is 13.4. The number of rotatable bonds is 4. The van der Waals surface area contributed by atoms with E-state index in [0.717, 1.165) is 17.5 Å². The lowest BCUT2D eigenvalue weighted by Gasteiger charge is -2.34. The third-order valence-corrected chi connectivity index (χ3v) is 8.56. The van der Waals surface area contributed by atoms with Crippen LogP contribution in [0.3, 0.4) is 0 Å². The van der Waals surface area contributed by atoms with Crippen LogP contribution in [0.1, 0.15) is 23.1 Å². The molecule has 0 radical (unpaired) electrons. The zero-order chi connectivity index (χ0) is 21.0. The number of fused-ring (bicyclic) bond motifs is 1. The summed E-state index contributed by atoms with van der Waals surface area (Å²) in [4.78, 5) is 0.317. The van der Waals surface area contributed by atoms with E-state index in [0.29, 0.717) is 16.5 Å². The zero-order valence-corrected chi connectivity index (χ0v) is 18.2. The highest BCUT2D eigenvalue weighted by atomic mass is 35.5. The lowest BCUT2D eigenvalue weighted by molar-refractivity contribution is 0.415. The molecule has 30 heavy (non-hydrogen) atoms. The second-order valence-electron chi connectivity index (χ2n) is 8.28. The molecule has 2 atom stereocenters. The Hall–Kier alpha value is -2.56. The monoisotopic (exact) mass is 435 g/mol. The standard InChI is InChI=1S/C25H22ClNO2S/c1-19-7-13-23(14-8-19)30(28,29)27-16-15-24(20-5-3-2-4-6-20)17-25(24,18-27)21-9-11-22(26)12-10-21/h2-16H,17-18H2,1H3. The first-order chi connectivity index (χ1) is 14.4. The molecule has 1 aliphatic heterocycles. The summed E-state index contributed by atoms with van der Waals surface area (Å²) in [6, 6.07) is 25.2. The number of hydrogen-bond donors (Lipinski definition) is 0. The highest BCUT2D eigenvalue weighted by Crippen LogP contribution is 2.68. The summed E-state index contributed by atoms with van der Waals surface area (Å²) in [6.45, 7) is 2.35. The van der Waals surface area contributed by atoms with Crippen molar-refractivity contribution in [2.75, 3.05) is 6.54 Å². The van der Waals surface area contributed by atoms with Crippen LogP contribution in [-0.4, -0.2) is 19.3 Å². The maximum Gasteiger partial charge on any atom is 0.263 e. The van der Waals surface area contributed by atoms with E-state index < -0.39 is 10.0 Å². The molecule has 3 aromatic rings. The zero-order valence-electron chi connectivity index (χ0n) is 16.6. The normalized spacial score (nSPS) is 25.1. The average Bonchev–Trinajstić information content (AvgIpc) is 3.46. The summed E-state index contributed by atoms with van der Waals surface area (Å²) in [7, 11) is -3.63. The van der Waals surface area contributed by atoms with Gasteiger partial charge in [-0.1, -0.05) is 77.8 Å². The largest absolute Gasteiger partial charge is 0.273 e. The number of allylic oxidation sites excluding steroid dienone is 1. The molecule has 2 unspecified atom stereocenters. The minimum absolute atomic E-state index is 0.207. The van der Waals surface area contributed by atoms with Gasteiger partial charge in [0.2, 0.25) is 0 Å². The van der Waals surface area contributed by atoms with Crippen LogP contribution in [0, 0.1) is 6.92 Å². The van der Waals surface area contributed by atoms with Gasteiger partial charge in [-0.3, -0.25) is 4.31 Å². The molecule has 1 fully saturated rings. The van der Waals surface area contributed by atoms with Crippen molar-refractivity contribution in [2.24, 2.45) is 0 Å². The van der Waals surface area contributed by atoms with Gasteiger partial charge < -0.3 is 0 Å². The first kappa shape index (κ1) is 19.4. The van der Waals surface area contributed by atoms with Crippen LogP contribution >= 0.6 is 11.6 Å².